The maximum atomic E-state index is 4.15. The summed E-state index contributed by atoms with van der Waals surface area (Å²) in [6.45, 7) is 3.28. The lowest BCUT2D eigenvalue weighted by atomic mass is 9.93. The Morgan fingerprint density at radius 3 is 2.60 bits per heavy atom. The fourth-order valence-electron chi connectivity index (χ4n) is 2.57. The Balaban J connectivity index is 2.00. The van der Waals surface area contributed by atoms with Gasteiger partial charge in [0.1, 0.15) is 0 Å². The number of hydrogen-bond donors (Lipinski definition) is 0. The standard InChI is InChI=1S/C17H23BrN2/c1-2-3-4-5-6-16(13-20-12-11-19-14-20)15-7-9-17(18)10-8-15/h7-12,14,16H,2-6,13H2,1H3. The number of halogens is 1. The maximum Gasteiger partial charge on any atom is 0.0946 e. The molecule has 0 bridgehead atoms. The van der Waals surface area contributed by atoms with E-state index in [-0.39, 0.29) is 0 Å². The van der Waals surface area contributed by atoms with E-state index in [1.807, 2.05) is 12.5 Å². The number of imidazole rings is 1. The van der Waals surface area contributed by atoms with E-state index < -0.39 is 0 Å². The molecule has 0 fully saturated rings. The van der Waals surface area contributed by atoms with Crippen molar-refractivity contribution in [1.29, 1.82) is 0 Å². The van der Waals surface area contributed by atoms with Crippen LogP contribution in [0.2, 0.25) is 0 Å². The van der Waals surface area contributed by atoms with Crippen LogP contribution < -0.4 is 0 Å². The number of aromatic nitrogens is 2. The van der Waals surface area contributed by atoms with Gasteiger partial charge in [-0.1, -0.05) is 60.7 Å². The van der Waals surface area contributed by atoms with Crippen LogP contribution in [0.5, 0.6) is 0 Å². The average Bonchev–Trinajstić information content (AvgIpc) is 2.96. The van der Waals surface area contributed by atoms with Crippen LogP contribution in [-0.4, -0.2) is 9.55 Å². The Hall–Kier alpha value is -1.09. The molecule has 1 unspecified atom stereocenters. The molecule has 1 aromatic carbocycles. The van der Waals surface area contributed by atoms with Gasteiger partial charge in [0.15, 0.2) is 0 Å². The minimum absolute atomic E-state index is 0.578. The molecule has 0 aliphatic carbocycles. The monoisotopic (exact) mass is 334 g/mol. The number of rotatable bonds is 8. The summed E-state index contributed by atoms with van der Waals surface area (Å²) in [4.78, 5) is 4.15. The zero-order valence-electron chi connectivity index (χ0n) is 12.1. The number of unbranched alkanes of at least 4 members (excludes halogenated alkanes) is 3. The first-order valence-corrected chi connectivity index (χ1v) is 8.30. The summed E-state index contributed by atoms with van der Waals surface area (Å²) in [5.74, 6) is 0.578. The van der Waals surface area contributed by atoms with Gasteiger partial charge in [0.2, 0.25) is 0 Å². The molecule has 0 aliphatic heterocycles. The topological polar surface area (TPSA) is 17.8 Å². The van der Waals surface area contributed by atoms with Gasteiger partial charge in [0.05, 0.1) is 6.33 Å². The highest BCUT2D eigenvalue weighted by Crippen LogP contribution is 2.26. The Morgan fingerprint density at radius 1 is 1.15 bits per heavy atom. The second-order valence-electron chi connectivity index (χ2n) is 5.36. The molecule has 0 N–H and O–H groups in total. The van der Waals surface area contributed by atoms with Gasteiger partial charge in [-0.3, -0.25) is 0 Å². The molecule has 2 aromatic rings. The molecular formula is C17H23BrN2. The normalized spacial score (nSPS) is 12.5. The summed E-state index contributed by atoms with van der Waals surface area (Å²) >= 11 is 3.51. The summed E-state index contributed by atoms with van der Waals surface area (Å²) in [6, 6.07) is 8.77. The molecule has 0 radical (unpaired) electrons. The van der Waals surface area contributed by atoms with Gasteiger partial charge < -0.3 is 4.57 Å². The smallest absolute Gasteiger partial charge is 0.0946 e. The molecule has 0 saturated heterocycles. The van der Waals surface area contributed by atoms with Crippen LogP contribution >= 0.6 is 15.9 Å². The predicted octanol–water partition coefficient (Wildman–Crippen LogP) is 5.40. The second-order valence-corrected chi connectivity index (χ2v) is 6.27. The van der Waals surface area contributed by atoms with Crippen LogP contribution in [-0.2, 0) is 6.54 Å². The first-order chi connectivity index (χ1) is 9.79. The van der Waals surface area contributed by atoms with Crippen molar-refractivity contribution in [2.45, 2.75) is 51.5 Å². The van der Waals surface area contributed by atoms with Crippen molar-refractivity contribution in [2.24, 2.45) is 0 Å². The highest BCUT2D eigenvalue weighted by atomic mass is 79.9. The summed E-state index contributed by atoms with van der Waals surface area (Å²) in [5, 5.41) is 0. The molecule has 108 valence electrons. The SMILES string of the molecule is CCCCCCC(Cn1ccnc1)c1ccc(Br)cc1. The quantitative estimate of drug-likeness (QED) is 0.591. The zero-order valence-corrected chi connectivity index (χ0v) is 13.7. The van der Waals surface area contributed by atoms with Gasteiger partial charge in [-0.2, -0.15) is 0 Å². The molecule has 20 heavy (non-hydrogen) atoms. The van der Waals surface area contributed by atoms with Gasteiger partial charge in [0.25, 0.3) is 0 Å². The molecule has 2 nitrogen and oxygen atoms in total. The minimum atomic E-state index is 0.578. The summed E-state index contributed by atoms with van der Waals surface area (Å²) in [6.07, 6.45) is 12.4. The molecule has 0 spiro atoms. The fourth-order valence-corrected chi connectivity index (χ4v) is 2.83. The number of benzene rings is 1. The van der Waals surface area contributed by atoms with E-state index >= 15 is 0 Å². The second kappa shape index (κ2) is 8.25. The van der Waals surface area contributed by atoms with Gasteiger partial charge in [0, 0.05) is 29.3 Å². The van der Waals surface area contributed by atoms with Gasteiger partial charge in [-0.15, -0.1) is 0 Å². The third-order valence-electron chi connectivity index (χ3n) is 3.74. The number of nitrogens with zero attached hydrogens (tertiary/aromatic N) is 2. The Bertz CT molecular complexity index is 476. The van der Waals surface area contributed by atoms with E-state index in [1.165, 1.54) is 37.7 Å². The van der Waals surface area contributed by atoms with Crippen LogP contribution in [0, 0.1) is 0 Å². The van der Waals surface area contributed by atoms with E-state index in [1.54, 1.807) is 0 Å². The van der Waals surface area contributed by atoms with Crippen LogP contribution in [0.25, 0.3) is 0 Å². The number of hydrogen-bond acceptors (Lipinski definition) is 1. The van der Waals surface area contributed by atoms with Gasteiger partial charge in [-0.25, -0.2) is 4.98 Å². The molecule has 1 heterocycles. The van der Waals surface area contributed by atoms with E-state index in [0.29, 0.717) is 5.92 Å². The van der Waals surface area contributed by atoms with E-state index in [2.05, 4.69) is 62.9 Å². The molecule has 1 atom stereocenters. The van der Waals surface area contributed by atoms with Crippen LogP contribution in [0.4, 0.5) is 0 Å². The van der Waals surface area contributed by atoms with Crippen molar-refractivity contribution < 1.29 is 0 Å². The molecule has 2 rings (SSSR count). The van der Waals surface area contributed by atoms with E-state index in [0.717, 1.165) is 11.0 Å². The third kappa shape index (κ3) is 4.78. The fraction of sp³-hybridized carbons (Fsp3) is 0.471. The molecule has 1 aromatic heterocycles. The average molecular weight is 335 g/mol. The first-order valence-electron chi connectivity index (χ1n) is 7.50. The first kappa shape index (κ1) is 15.3. The van der Waals surface area contributed by atoms with Crippen molar-refractivity contribution in [2.75, 3.05) is 0 Å². The van der Waals surface area contributed by atoms with Crippen molar-refractivity contribution >= 4 is 15.9 Å². The molecule has 0 amide bonds. The minimum Gasteiger partial charge on any atom is -0.337 e. The Labute approximate surface area is 130 Å². The zero-order chi connectivity index (χ0) is 14.2. The largest absolute Gasteiger partial charge is 0.337 e. The highest BCUT2D eigenvalue weighted by molar-refractivity contribution is 9.10. The van der Waals surface area contributed by atoms with Crippen molar-refractivity contribution in [3.05, 3.63) is 53.0 Å². The summed E-state index contributed by atoms with van der Waals surface area (Å²) in [5.41, 5.74) is 1.43. The van der Waals surface area contributed by atoms with Crippen LogP contribution in [0.3, 0.4) is 0 Å². The lowest BCUT2D eigenvalue weighted by Gasteiger charge is -2.18. The van der Waals surface area contributed by atoms with E-state index in [9.17, 15) is 0 Å². The molecule has 3 heteroatoms. The lowest BCUT2D eigenvalue weighted by Crippen LogP contribution is -2.08. The van der Waals surface area contributed by atoms with Crippen LogP contribution in [0.15, 0.2) is 47.5 Å². The maximum absolute atomic E-state index is 4.15. The Kier molecular flexibility index (Phi) is 6.31. The van der Waals surface area contributed by atoms with Crippen molar-refractivity contribution in [3.8, 4) is 0 Å². The lowest BCUT2D eigenvalue weighted by molar-refractivity contribution is 0.491. The van der Waals surface area contributed by atoms with E-state index in [4.69, 9.17) is 0 Å². The predicted molar refractivity (Wildman–Crippen MR) is 87.9 cm³/mol. The van der Waals surface area contributed by atoms with Gasteiger partial charge >= 0.3 is 0 Å². The van der Waals surface area contributed by atoms with Crippen LogP contribution in [0.1, 0.15) is 50.5 Å². The molecule has 0 saturated carbocycles. The Morgan fingerprint density at radius 2 is 1.95 bits per heavy atom. The van der Waals surface area contributed by atoms with Crippen molar-refractivity contribution in [1.82, 2.24) is 9.55 Å². The molecular weight excluding hydrogens is 312 g/mol. The van der Waals surface area contributed by atoms with Gasteiger partial charge in [-0.05, 0) is 24.1 Å². The van der Waals surface area contributed by atoms with Crippen molar-refractivity contribution in [3.63, 3.8) is 0 Å². The molecule has 0 aliphatic rings. The summed E-state index contributed by atoms with van der Waals surface area (Å²) in [7, 11) is 0. The highest BCUT2D eigenvalue weighted by Gasteiger charge is 2.12. The summed E-state index contributed by atoms with van der Waals surface area (Å²) < 4.78 is 3.33. The third-order valence-corrected chi connectivity index (χ3v) is 4.27.